The molecule has 0 aliphatic carbocycles. The van der Waals surface area contributed by atoms with Gasteiger partial charge in [-0.25, -0.2) is 8.93 Å². The van der Waals surface area contributed by atoms with Crippen molar-refractivity contribution >= 4 is 33.6 Å². The van der Waals surface area contributed by atoms with Crippen LogP contribution in [0.5, 0.6) is 0 Å². The lowest BCUT2D eigenvalue weighted by Crippen LogP contribution is -2.16. The molecule has 50 valence electrons. The molecule has 0 saturated heterocycles. The lowest BCUT2D eigenvalue weighted by atomic mass is 10.5. The van der Waals surface area contributed by atoms with Crippen molar-refractivity contribution in [2.24, 2.45) is 0 Å². The molecule has 0 aliphatic heterocycles. The summed E-state index contributed by atoms with van der Waals surface area (Å²) in [5.74, 6) is 0. The molecule has 1 N–H and O–H groups in total. The molecule has 0 heterocycles. The average Bonchev–Trinajstić information content (AvgIpc) is 1.66. The van der Waals surface area contributed by atoms with Crippen LogP contribution in [0.25, 0.3) is 0 Å². The Morgan fingerprint density at radius 1 is 1.75 bits per heavy atom. The van der Waals surface area contributed by atoms with E-state index in [2.05, 4.69) is 27.3 Å². The average molecular weight is 247 g/mol. The van der Waals surface area contributed by atoms with E-state index in [0.29, 0.717) is 0 Å². The van der Waals surface area contributed by atoms with Crippen molar-refractivity contribution in [2.45, 2.75) is 6.42 Å². The van der Waals surface area contributed by atoms with Gasteiger partial charge in [0.1, 0.15) is 0 Å². The minimum absolute atomic E-state index is 0.820. The summed E-state index contributed by atoms with van der Waals surface area (Å²) in [6.07, 6.45) is 2.74. The SMILES string of the molecule is CS(=O)NCCCI. The van der Waals surface area contributed by atoms with Crippen LogP contribution in [0.2, 0.25) is 0 Å². The van der Waals surface area contributed by atoms with Crippen molar-refractivity contribution in [3.63, 3.8) is 0 Å². The summed E-state index contributed by atoms with van der Waals surface area (Å²) in [5.41, 5.74) is 0. The van der Waals surface area contributed by atoms with Crippen molar-refractivity contribution in [3.8, 4) is 0 Å². The first-order chi connectivity index (χ1) is 3.77. The molecule has 0 aromatic heterocycles. The Kier molecular flexibility index (Phi) is 6.59. The number of hydrogen-bond donors (Lipinski definition) is 1. The summed E-state index contributed by atoms with van der Waals surface area (Å²) >= 11 is 2.30. The fraction of sp³-hybridized carbons (Fsp3) is 1.00. The number of rotatable bonds is 4. The number of hydrogen-bond acceptors (Lipinski definition) is 1. The first-order valence-corrected chi connectivity index (χ1v) is 5.48. The third-order valence-corrected chi connectivity index (χ3v) is 1.99. The molecular formula is C4H10INOS. The molecule has 0 spiro atoms. The minimum Gasteiger partial charge on any atom is -0.243 e. The Hall–Kier alpha value is 0.840. The van der Waals surface area contributed by atoms with Gasteiger partial charge in [0.15, 0.2) is 0 Å². The van der Waals surface area contributed by atoms with Gasteiger partial charge < -0.3 is 0 Å². The van der Waals surface area contributed by atoms with Crippen molar-refractivity contribution in [1.82, 2.24) is 4.72 Å². The Morgan fingerprint density at radius 2 is 2.38 bits per heavy atom. The van der Waals surface area contributed by atoms with Crippen molar-refractivity contribution in [2.75, 3.05) is 17.2 Å². The van der Waals surface area contributed by atoms with Gasteiger partial charge in [0.05, 0.1) is 11.0 Å². The van der Waals surface area contributed by atoms with E-state index in [4.69, 9.17) is 0 Å². The van der Waals surface area contributed by atoms with E-state index < -0.39 is 11.0 Å². The zero-order valence-corrected chi connectivity index (χ0v) is 7.79. The highest BCUT2D eigenvalue weighted by Crippen LogP contribution is 1.84. The van der Waals surface area contributed by atoms with Gasteiger partial charge in [0.25, 0.3) is 0 Å². The van der Waals surface area contributed by atoms with Gasteiger partial charge in [-0.2, -0.15) is 0 Å². The molecule has 0 fully saturated rings. The predicted octanol–water partition coefficient (Wildman–Crippen LogP) is 0.695. The monoisotopic (exact) mass is 247 g/mol. The molecule has 0 aromatic rings. The predicted molar refractivity (Wildman–Crippen MR) is 45.6 cm³/mol. The van der Waals surface area contributed by atoms with Crippen molar-refractivity contribution in [1.29, 1.82) is 0 Å². The third-order valence-electron chi connectivity index (χ3n) is 0.616. The second-order valence-electron chi connectivity index (χ2n) is 1.39. The summed E-state index contributed by atoms with van der Waals surface area (Å²) in [6, 6.07) is 0. The molecule has 0 amide bonds. The standard InChI is InChI=1S/C4H10INOS/c1-8(7)6-4-2-3-5/h6H,2-4H2,1H3. The lowest BCUT2D eigenvalue weighted by Gasteiger charge is -1.94. The Labute approximate surface area is 66.2 Å². The maximum absolute atomic E-state index is 10.3. The van der Waals surface area contributed by atoms with Crippen LogP contribution in [0.1, 0.15) is 6.42 Å². The van der Waals surface area contributed by atoms with Crippen molar-refractivity contribution in [3.05, 3.63) is 0 Å². The third kappa shape index (κ3) is 6.84. The molecule has 0 bridgehead atoms. The molecule has 0 radical (unpaired) electrons. The van der Waals surface area contributed by atoms with Gasteiger partial charge in [0, 0.05) is 17.2 Å². The molecule has 1 unspecified atom stereocenters. The van der Waals surface area contributed by atoms with Crippen LogP contribution in [0.4, 0.5) is 0 Å². The molecule has 2 nitrogen and oxygen atoms in total. The van der Waals surface area contributed by atoms with E-state index in [1.807, 2.05) is 0 Å². The smallest absolute Gasteiger partial charge is 0.0883 e. The number of nitrogens with one attached hydrogen (secondary N) is 1. The van der Waals surface area contributed by atoms with Crippen LogP contribution in [0.15, 0.2) is 0 Å². The van der Waals surface area contributed by atoms with Gasteiger partial charge in [-0.1, -0.05) is 22.6 Å². The zero-order chi connectivity index (χ0) is 6.41. The van der Waals surface area contributed by atoms with Gasteiger partial charge in [-0.15, -0.1) is 0 Å². The van der Waals surface area contributed by atoms with Gasteiger partial charge in [-0.05, 0) is 6.42 Å². The van der Waals surface area contributed by atoms with Crippen LogP contribution >= 0.6 is 22.6 Å². The largest absolute Gasteiger partial charge is 0.243 e. The highest BCUT2D eigenvalue weighted by Gasteiger charge is 1.85. The van der Waals surface area contributed by atoms with E-state index >= 15 is 0 Å². The molecule has 4 heteroatoms. The molecule has 8 heavy (non-hydrogen) atoms. The summed E-state index contributed by atoms with van der Waals surface area (Å²) in [5, 5.41) is 0. The topological polar surface area (TPSA) is 29.1 Å². The van der Waals surface area contributed by atoms with Crippen LogP contribution < -0.4 is 4.72 Å². The molecule has 0 rings (SSSR count). The fourth-order valence-corrected chi connectivity index (χ4v) is 1.10. The Balaban J connectivity index is 2.82. The Morgan fingerprint density at radius 3 is 2.75 bits per heavy atom. The molecular weight excluding hydrogens is 237 g/mol. The first kappa shape index (κ1) is 8.84. The molecule has 1 atom stereocenters. The normalized spacial score (nSPS) is 13.8. The highest BCUT2D eigenvalue weighted by atomic mass is 127. The minimum atomic E-state index is -0.820. The second kappa shape index (κ2) is 5.97. The maximum atomic E-state index is 10.3. The maximum Gasteiger partial charge on any atom is 0.0883 e. The van der Waals surface area contributed by atoms with Crippen LogP contribution in [0.3, 0.4) is 0 Å². The summed E-state index contributed by atoms with van der Waals surface area (Å²) < 4.78 is 14.3. The fourth-order valence-electron chi connectivity index (χ4n) is 0.283. The van der Waals surface area contributed by atoms with Crippen LogP contribution in [-0.4, -0.2) is 21.4 Å². The molecule has 0 aliphatic rings. The summed E-state index contributed by atoms with van der Waals surface area (Å²) in [6.45, 7) is 0.867. The molecule has 0 aromatic carbocycles. The van der Waals surface area contributed by atoms with E-state index in [0.717, 1.165) is 17.4 Å². The second-order valence-corrected chi connectivity index (χ2v) is 3.67. The number of halogens is 1. The highest BCUT2D eigenvalue weighted by molar-refractivity contribution is 14.1. The van der Waals surface area contributed by atoms with Crippen LogP contribution in [0, 0.1) is 0 Å². The van der Waals surface area contributed by atoms with E-state index in [1.165, 1.54) is 0 Å². The number of alkyl halides is 1. The van der Waals surface area contributed by atoms with Crippen molar-refractivity contribution < 1.29 is 4.21 Å². The quantitative estimate of drug-likeness (QED) is 0.442. The molecule has 0 saturated carbocycles. The van der Waals surface area contributed by atoms with E-state index in [1.54, 1.807) is 6.26 Å². The summed E-state index contributed by atoms with van der Waals surface area (Å²) in [7, 11) is -0.820. The summed E-state index contributed by atoms with van der Waals surface area (Å²) in [4.78, 5) is 0. The van der Waals surface area contributed by atoms with Crippen LogP contribution in [-0.2, 0) is 11.0 Å². The van der Waals surface area contributed by atoms with E-state index in [-0.39, 0.29) is 0 Å². The zero-order valence-electron chi connectivity index (χ0n) is 4.82. The lowest BCUT2D eigenvalue weighted by molar-refractivity contribution is 0.675. The Bertz CT molecular complexity index is 78.4. The first-order valence-electron chi connectivity index (χ1n) is 2.40. The van der Waals surface area contributed by atoms with E-state index in [9.17, 15) is 4.21 Å². The van der Waals surface area contributed by atoms with Gasteiger partial charge >= 0.3 is 0 Å². The van der Waals surface area contributed by atoms with Gasteiger partial charge in [-0.3, -0.25) is 0 Å². The van der Waals surface area contributed by atoms with Gasteiger partial charge in [0.2, 0.25) is 0 Å².